The molecule has 0 saturated carbocycles. The number of amides is 1. The molecule has 3 aromatic rings. The zero-order valence-corrected chi connectivity index (χ0v) is 21.8. The molecule has 2 heterocycles. The number of hydrogen-bond acceptors (Lipinski definition) is 5. The fourth-order valence-corrected chi connectivity index (χ4v) is 5.32. The fraction of sp³-hybridized carbons (Fsp3) is 0.393. The Morgan fingerprint density at radius 2 is 1.53 bits per heavy atom. The zero-order chi connectivity index (χ0) is 24.4. The highest BCUT2D eigenvalue weighted by Gasteiger charge is 2.28. The van der Waals surface area contributed by atoms with Crippen molar-refractivity contribution in [1.82, 2.24) is 19.6 Å². The van der Waals surface area contributed by atoms with Gasteiger partial charge in [0.15, 0.2) is 0 Å². The first-order chi connectivity index (χ1) is 17.0. The van der Waals surface area contributed by atoms with Gasteiger partial charge in [0, 0.05) is 58.2 Å². The summed E-state index contributed by atoms with van der Waals surface area (Å²) in [6.45, 7) is 4.54. The van der Waals surface area contributed by atoms with E-state index in [1.807, 2.05) is 4.90 Å². The molecule has 0 N–H and O–H groups in total. The molecule has 1 aliphatic carbocycles. The van der Waals surface area contributed by atoms with Crippen molar-refractivity contribution in [1.29, 1.82) is 0 Å². The summed E-state index contributed by atoms with van der Waals surface area (Å²) in [4.78, 5) is 30.8. The summed E-state index contributed by atoms with van der Waals surface area (Å²) in [6, 6.07) is 20.8. The van der Waals surface area contributed by atoms with Gasteiger partial charge in [-0.3, -0.25) is 9.59 Å². The summed E-state index contributed by atoms with van der Waals surface area (Å²) in [5.74, 6) is 1.41. The van der Waals surface area contributed by atoms with E-state index in [0.717, 1.165) is 38.4 Å². The van der Waals surface area contributed by atoms with Crippen molar-refractivity contribution in [2.45, 2.75) is 18.8 Å². The highest BCUT2D eigenvalue weighted by molar-refractivity contribution is 5.85. The molecule has 36 heavy (non-hydrogen) atoms. The van der Waals surface area contributed by atoms with Gasteiger partial charge in [0.1, 0.15) is 5.82 Å². The van der Waals surface area contributed by atoms with Crippen LogP contribution < -0.4 is 10.5 Å². The standard InChI is InChI=1S/C28H33N5O2.ClH/c1-30(15-13-25-23-9-5-3-7-21(23)22-8-4-6-10-24(22)25)16-14-28(35)33-19-17-32(18-20-33)26-11-12-27(34)31(2)29-26;/h3-12,25H,13-20H2,1-2H3;1H. The quantitative estimate of drug-likeness (QED) is 0.490. The third-order valence-corrected chi connectivity index (χ3v) is 7.37. The van der Waals surface area contributed by atoms with E-state index < -0.39 is 0 Å². The van der Waals surface area contributed by atoms with Crippen LogP contribution in [0.3, 0.4) is 0 Å². The van der Waals surface area contributed by atoms with Gasteiger partial charge in [-0.05, 0) is 48.3 Å². The largest absolute Gasteiger partial charge is 0.352 e. The Balaban J connectivity index is 0.00000304. The number of aromatic nitrogens is 2. The Bertz CT molecular complexity index is 1220. The van der Waals surface area contributed by atoms with Crippen LogP contribution in [0, 0.1) is 0 Å². The Kier molecular flexibility index (Phi) is 8.11. The van der Waals surface area contributed by atoms with E-state index in [2.05, 4.69) is 70.5 Å². The number of anilines is 1. The van der Waals surface area contributed by atoms with Gasteiger partial charge in [0.25, 0.3) is 5.56 Å². The number of rotatable bonds is 7. The second-order valence-electron chi connectivity index (χ2n) is 9.59. The number of halogens is 1. The lowest BCUT2D eigenvalue weighted by molar-refractivity contribution is -0.131. The number of benzene rings is 2. The van der Waals surface area contributed by atoms with Crippen LogP contribution in [0.15, 0.2) is 65.5 Å². The summed E-state index contributed by atoms with van der Waals surface area (Å²) >= 11 is 0. The van der Waals surface area contributed by atoms with Crippen LogP contribution in [0.4, 0.5) is 5.82 Å². The molecule has 0 unspecified atom stereocenters. The summed E-state index contributed by atoms with van der Waals surface area (Å²) in [5.41, 5.74) is 5.44. The predicted molar refractivity (Wildman–Crippen MR) is 146 cm³/mol. The van der Waals surface area contributed by atoms with Gasteiger partial charge < -0.3 is 14.7 Å². The maximum atomic E-state index is 12.9. The van der Waals surface area contributed by atoms with Crippen LogP contribution >= 0.6 is 12.4 Å². The molecule has 1 fully saturated rings. The van der Waals surface area contributed by atoms with Gasteiger partial charge in [-0.2, -0.15) is 5.10 Å². The maximum Gasteiger partial charge on any atom is 0.266 e. The van der Waals surface area contributed by atoms with Crippen molar-refractivity contribution < 1.29 is 4.79 Å². The van der Waals surface area contributed by atoms with Crippen molar-refractivity contribution in [2.75, 3.05) is 51.2 Å². The van der Waals surface area contributed by atoms with Crippen molar-refractivity contribution in [3.63, 3.8) is 0 Å². The highest BCUT2D eigenvalue weighted by atomic mass is 35.5. The zero-order valence-electron chi connectivity index (χ0n) is 21.0. The van der Waals surface area contributed by atoms with Crippen molar-refractivity contribution in [2.24, 2.45) is 7.05 Å². The van der Waals surface area contributed by atoms with E-state index in [1.165, 1.54) is 26.9 Å². The minimum atomic E-state index is -0.118. The molecule has 1 amide bonds. The molecule has 1 saturated heterocycles. The van der Waals surface area contributed by atoms with E-state index >= 15 is 0 Å². The SMILES string of the molecule is CN(CCC(=O)N1CCN(c2ccc(=O)n(C)n2)CC1)CCC1c2ccccc2-c2ccccc21.Cl. The smallest absolute Gasteiger partial charge is 0.266 e. The third-order valence-electron chi connectivity index (χ3n) is 7.37. The van der Waals surface area contributed by atoms with E-state index in [-0.39, 0.29) is 23.9 Å². The monoisotopic (exact) mass is 507 g/mol. The van der Waals surface area contributed by atoms with E-state index in [1.54, 1.807) is 19.2 Å². The molecule has 0 spiro atoms. The molecule has 1 aromatic heterocycles. The van der Waals surface area contributed by atoms with Gasteiger partial charge in [0.05, 0.1) is 0 Å². The third kappa shape index (κ3) is 5.32. The first kappa shape index (κ1) is 25.9. The average Bonchev–Trinajstić information content (AvgIpc) is 3.21. The number of fused-ring (bicyclic) bond motifs is 3. The molecular weight excluding hydrogens is 474 g/mol. The first-order valence-electron chi connectivity index (χ1n) is 12.4. The average molecular weight is 508 g/mol. The Hall–Kier alpha value is -3.16. The summed E-state index contributed by atoms with van der Waals surface area (Å²) in [5, 5.41) is 4.33. The van der Waals surface area contributed by atoms with Crippen LogP contribution in [0.25, 0.3) is 11.1 Å². The van der Waals surface area contributed by atoms with Gasteiger partial charge in [-0.1, -0.05) is 48.5 Å². The molecule has 2 aliphatic rings. The molecule has 7 nitrogen and oxygen atoms in total. The highest BCUT2D eigenvalue weighted by Crippen LogP contribution is 2.45. The van der Waals surface area contributed by atoms with Gasteiger partial charge >= 0.3 is 0 Å². The number of carbonyl (C=O) groups excluding carboxylic acids is 1. The second-order valence-corrected chi connectivity index (χ2v) is 9.59. The molecule has 190 valence electrons. The van der Waals surface area contributed by atoms with Crippen LogP contribution in [0.2, 0.25) is 0 Å². The molecule has 0 radical (unpaired) electrons. The lowest BCUT2D eigenvalue weighted by Crippen LogP contribution is -2.49. The molecule has 1 aliphatic heterocycles. The van der Waals surface area contributed by atoms with Gasteiger partial charge in [0.2, 0.25) is 5.91 Å². The van der Waals surface area contributed by atoms with Crippen LogP contribution in [-0.2, 0) is 11.8 Å². The number of piperazine rings is 1. The topological polar surface area (TPSA) is 61.7 Å². The predicted octanol–water partition coefficient (Wildman–Crippen LogP) is 3.38. The lowest BCUT2D eigenvalue weighted by Gasteiger charge is -2.35. The first-order valence-corrected chi connectivity index (χ1v) is 12.4. The van der Waals surface area contributed by atoms with Gasteiger partial charge in [-0.15, -0.1) is 12.4 Å². The van der Waals surface area contributed by atoms with E-state index in [0.29, 0.717) is 25.4 Å². The van der Waals surface area contributed by atoms with Crippen LogP contribution in [0.1, 0.15) is 29.9 Å². The van der Waals surface area contributed by atoms with Crippen molar-refractivity contribution in [3.8, 4) is 11.1 Å². The van der Waals surface area contributed by atoms with Crippen molar-refractivity contribution >= 4 is 24.1 Å². The fourth-order valence-electron chi connectivity index (χ4n) is 5.32. The lowest BCUT2D eigenvalue weighted by atomic mass is 9.93. The minimum Gasteiger partial charge on any atom is -0.352 e. The molecule has 2 aromatic carbocycles. The molecule has 8 heteroatoms. The normalized spacial score (nSPS) is 15.0. The Morgan fingerprint density at radius 3 is 2.14 bits per heavy atom. The minimum absolute atomic E-state index is 0. The maximum absolute atomic E-state index is 12.9. The van der Waals surface area contributed by atoms with Crippen LogP contribution in [0.5, 0.6) is 0 Å². The summed E-state index contributed by atoms with van der Waals surface area (Å²) in [6.07, 6.45) is 1.58. The number of nitrogens with zero attached hydrogens (tertiary/aromatic N) is 5. The van der Waals surface area contributed by atoms with E-state index in [9.17, 15) is 9.59 Å². The molecular formula is C28H34ClN5O2. The van der Waals surface area contributed by atoms with E-state index in [4.69, 9.17) is 0 Å². The number of carbonyl (C=O) groups is 1. The van der Waals surface area contributed by atoms with Crippen molar-refractivity contribution in [3.05, 3.63) is 82.1 Å². The Labute approximate surface area is 218 Å². The Morgan fingerprint density at radius 1 is 0.917 bits per heavy atom. The second kappa shape index (κ2) is 11.3. The summed E-state index contributed by atoms with van der Waals surface area (Å²) < 4.78 is 1.35. The molecule has 5 rings (SSSR count). The summed E-state index contributed by atoms with van der Waals surface area (Å²) in [7, 11) is 3.77. The number of hydrogen-bond donors (Lipinski definition) is 0. The molecule has 0 atom stereocenters. The molecule has 0 bridgehead atoms. The number of aryl methyl sites for hydroxylation is 1. The van der Waals surface area contributed by atoms with Gasteiger partial charge in [-0.25, -0.2) is 4.68 Å². The van der Waals surface area contributed by atoms with Crippen LogP contribution in [-0.4, -0.2) is 71.8 Å².